The molecule has 24 heavy (non-hydrogen) atoms. The Kier molecular flexibility index (Phi) is 5.16. The molecule has 0 bridgehead atoms. The molecule has 1 fully saturated rings. The number of halogens is 3. The zero-order chi connectivity index (χ0) is 17.1. The molecule has 1 aliphatic heterocycles. The normalized spacial score (nSPS) is 14.6. The first-order valence-electron chi connectivity index (χ1n) is 7.54. The third-order valence-corrected chi connectivity index (χ3v) is 4.53. The SMILES string of the molecule is Fc1ccc(N2CCN(C(=S)Nc3ccc(Cl)cc3F)CC2)cc1. The molecule has 0 saturated carbocycles. The maximum absolute atomic E-state index is 13.8. The van der Waals surface area contributed by atoms with Gasteiger partial charge in [0, 0.05) is 36.9 Å². The fraction of sp³-hybridized carbons (Fsp3) is 0.235. The summed E-state index contributed by atoms with van der Waals surface area (Å²) in [6.07, 6.45) is 0. The van der Waals surface area contributed by atoms with Crippen molar-refractivity contribution >= 4 is 40.3 Å². The summed E-state index contributed by atoms with van der Waals surface area (Å²) in [5.74, 6) is -0.678. The van der Waals surface area contributed by atoms with Crippen LogP contribution in [0.25, 0.3) is 0 Å². The van der Waals surface area contributed by atoms with Crippen molar-refractivity contribution in [1.82, 2.24) is 4.90 Å². The second kappa shape index (κ2) is 7.32. The number of nitrogens with one attached hydrogen (secondary N) is 1. The molecule has 7 heteroatoms. The van der Waals surface area contributed by atoms with E-state index in [-0.39, 0.29) is 5.82 Å². The summed E-state index contributed by atoms with van der Waals surface area (Å²) < 4.78 is 26.8. The molecule has 1 aliphatic rings. The van der Waals surface area contributed by atoms with Crippen molar-refractivity contribution in [2.45, 2.75) is 0 Å². The molecular formula is C17H16ClF2N3S. The molecule has 1 heterocycles. The van der Waals surface area contributed by atoms with Crippen molar-refractivity contribution in [3.63, 3.8) is 0 Å². The lowest BCUT2D eigenvalue weighted by Gasteiger charge is -2.37. The van der Waals surface area contributed by atoms with Gasteiger partial charge in [0.2, 0.25) is 0 Å². The minimum absolute atomic E-state index is 0.243. The van der Waals surface area contributed by atoms with Crippen molar-refractivity contribution in [2.75, 3.05) is 36.4 Å². The highest BCUT2D eigenvalue weighted by Crippen LogP contribution is 2.20. The van der Waals surface area contributed by atoms with Gasteiger partial charge in [0.05, 0.1) is 5.69 Å². The highest BCUT2D eigenvalue weighted by molar-refractivity contribution is 7.80. The van der Waals surface area contributed by atoms with Gasteiger partial charge in [-0.1, -0.05) is 11.6 Å². The fourth-order valence-electron chi connectivity index (χ4n) is 2.60. The van der Waals surface area contributed by atoms with Gasteiger partial charge < -0.3 is 15.1 Å². The number of hydrogen-bond acceptors (Lipinski definition) is 2. The summed E-state index contributed by atoms with van der Waals surface area (Å²) in [5.41, 5.74) is 1.30. The lowest BCUT2D eigenvalue weighted by atomic mass is 10.2. The Morgan fingerprint density at radius 1 is 1.00 bits per heavy atom. The summed E-state index contributed by atoms with van der Waals surface area (Å²) in [6.45, 7) is 2.93. The largest absolute Gasteiger partial charge is 0.368 e. The maximum Gasteiger partial charge on any atom is 0.173 e. The first-order chi connectivity index (χ1) is 11.5. The molecule has 2 aromatic carbocycles. The monoisotopic (exact) mass is 367 g/mol. The van der Waals surface area contributed by atoms with E-state index in [2.05, 4.69) is 10.2 Å². The van der Waals surface area contributed by atoms with E-state index >= 15 is 0 Å². The average Bonchev–Trinajstić information content (AvgIpc) is 2.58. The minimum Gasteiger partial charge on any atom is -0.368 e. The van der Waals surface area contributed by atoms with Crippen LogP contribution in [-0.2, 0) is 0 Å². The van der Waals surface area contributed by atoms with Crippen molar-refractivity contribution in [2.24, 2.45) is 0 Å². The highest BCUT2D eigenvalue weighted by Gasteiger charge is 2.20. The van der Waals surface area contributed by atoms with Crippen LogP contribution in [0.2, 0.25) is 5.02 Å². The summed E-state index contributed by atoms with van der Waals surface area (Å²) in [5, 5.41) is 3.75. The van der Waals surface area contributed by atoms with Gasteiger partial charge in [0.1, 0.15) is 11.6 Å². The van der Waals surface area contributed by atoms with Crippen molar-refractivity contribution < 1.29 is 8.78 Å². The molecule has 0 atom stereocenters. The van der Waals surface area contributed by atoms with E-state index in [1.165, 1.54) is 18.2 Å². The van der Waals surface area contributed by atoms with Gasteiger partial charge in [-0.3, -0.25) is 0 Å². The number of rotatable bonds is 2. The Balaban J connectivity index is 1.58. The quantitative estimate of drug-likeness (QED) is 0.804. The van der Waals surface area contributed by atoms with Crippen LogP contribution in [0.4, 0.5) is 20.2 Å². The Labute approximate surface area is 149 Å². The van der Waals surface area contributed by atoms with Crippen molar-refractivity contribution in [3.8, 4) is 0 Å². The van der Waals surface area contributed by atoms with Gasteiger partial charge >= 0.3 is 0 Å². The molecule has 0 aromatic heterocycles. The second-order valence-corrected chi connectivity index (χ2v) is 6.33. The standard InChI is InChI=1S/C17H16ClF2N3S/c18-12-1-6-16(15(20)11-12)21-17(24)23-9-7-22(8-10-23)14-4-2-13(19)3-5-14/h1-6,11H,7-10H2,(H,21,24). The first kappa shape index (κ1) is 16.9. The van der Waals surface area contributed by atoms with Crippen molar-refractivity contribution in [1.29, 1.82) is 0 Å². The van der Waals surface area contributed by atoms with E-state index < -0.39 is 5.82 Å². The molecule has 3 rings (SSSR count). The minimum atomic E-state index is -0.435. The molecule has 1 saturated heterocycles. The average molecular weight is 368 g/mol. The van der Waals surface area contributed by atoms with Crippen LogP contribution in [0.5, 0.6) is 0 Å². The lowest BCUT2D eigenvalue weighted by molar-refractivity contribution is 0.390. The van der Waals surface area contributed by atoms with E-state index in [1.807, 2.05) is 4.90 Å². The van der Waals surface area contributed by atoms with Gasteiger partial charge in [0.25, 0.3) is 0 Å². The molecule has 1 N–H and O–H groups in total. The Hall–Kier alpha value is -1.92. The summed E-state index contributed by atoms with van der Waals surface area (Å²) >= 11 is 11.1. The summed E-state index contributed by atoms with van der Waals surface area (Å²) in [6, 6.07) is 10.9. The van der Waals surface area contributed by atoms with E-state index in [9.17, 15) is 8.78 Å². The number of nitrogens with zero attached hydrogens (tertiary/aromatic N) is 2. The smallest absolute Gasteiger partial charge is 0.173 e. The molecule has 0 spiro atoms. The maximum atomic E-state index is 13.8. The molecule has 126 valence electrons. The number of anilines is 2. The molecule has 2 aromatic rings. The van der Waals surface area contributed by atoms with E-state index in [4.69, 9.17) is 23.8 Å². The van der Waals surface area contributed by atoms with Gasteiger partial charge in [0.15, 0.2) is 5.11 Å². The van der Waals surface area contributed by atoms with Crippen molar-refractivity contribution in [3.05, 3.63) is 59.1 Å². The third kappa shape index (κ3) is 3.94. The molecule has 3 nitrogen and oxygen atoms in total. The molecule has 0 unspecified atom stereocenters. The van der Waals surface area contributed by atoms with E-state index in [0.717, 1.165) is 18.8 Å². The van der Waals surface area contributed by atoms with Gasteiger partial charge in [-0.2, -0.15) is 0 Å². The van der Waals surface area contributed by atoms with Crippen LogP contribution in [0.1, 0.15) is 0 Å². The summed E-state index contributed by atoms with van der Waals surface area (Å²) in [4.78, 5) is 4.16. The van der Waals surface area contributed by atoms with Gasteiger partial charge in [-0.05, 0) is 54.7 Å². The number of hydrogen-bond donors (Lipinski definition) is 1. The predicted molar refractivity (Wildman–Crippen MR) is 97.8 cm³/mol. The van der Waals surface area contributed by atoms with Gasteiger partial charge in [-0.15, -0.1) is 0 Å². The predicted octanol–water partition coefficient (Wildman–Crippen LogP) is 4.14. The molecule has 0 amide bonds. The molecule has 0 radical (unpaired) electrons. The molecule has 0 aliphatic carbocycles. The first-order valence-corrected chi connectivity index (χ1v) is 8.33. The zero-order valence-electron chi connectivity index (χ0n) is 12.8. The number of benzene rings is 2. The van der Waals surface area contributed by atoms with Crippen LogP contribution in [0.15, 0.2) is 42.5 Å². The van der Waals surface area contributed by atoms with Gasteiger partial charge in [-0.25, -0.2) is 8.78 Å². The zero-order valence-corrected chi connectivity index (χ0v) is 14.4. The molecular weight excluding hydrogens is 352 g/mol. The number of piperazine rings is 1. The topological polar surface area (TPSA) is 18.5 Å². The Morgan fingerprint density at radius 2 is 1.67 bits per heavy atom. The summed E-state index contributed by atoms with van der Waals surface area (Å²) in [7, 11) is 0. The van der Waals surface area contributed by atoms with Crippen LogP contribution >= 0.6 is 23.8 Å². The Morgan fingerprint density at radius 3 is 2.29 bits per heavy atom. The highest BCUT2D eigenvalue weighted by atomic mass is 35.5. The van der Waals surface area contributed by atoms with Crippen LogP contribution < -0.4 is 10.2 Å². The van der Waals surface area contributed by atoms with E-state index in [1.54, 1.807) is 24.3 Å². The van der Waals surface area contributed by atoms with Crippen LogP contribution in [0.3, 0.4) is 0 Å². The Bertz CT molecular complexity index is 731. The van der Waals surface area contributed by atoms with Crippen LogP contribution in [-0.4, -0.2) is 36.2 Å². The van der Waals surface area contributed by atoms with E-state index in [0.29, 0.717) is 28.9 Å². The van der Waals surface area contributed by atoms with Crippen LogP contribution in [0, 0.1) is 11.6 Å². The third-order valence-electron chi connectivity index (χ3n) is 3.93. The number of thiocarbonyl (C=S) groups is 1. The fourth-order valence-corrected chi connectivity index (χ4v) is 3.06. The second-order valence-electron chi connectivity index (χ2n) is 5.50. The lowest BCUT2D eigenvalue weighted by Crippen LogP contribution is -2.50.